The molecular formula is C36H62O10. The molecule has 0 spiro atoms. The van der Waals surface area contributed by atoms with Gasteiger partial charge in [0.05, 0.1) is 37.6 Å². The quantitative estimate of drug-likeness (QED) is 0.172. The zero-order valence-electron chi connectivity index (χ0n) is 28.8. The molecule has 1 heterocycles. The van der Waals surface area contributed by atoms with Crippen LogP contribution < -0.4 is 0 Å². The number of hydrogen-bond acceptors (Lipinski definition) is 10. The van der Waals surface area contributed by atoms with Crippen molar-refractivity contribution in [2.75, 3.05) is 19.8 Å². The van der Waals surface area contributed by atoms with Crippen LogP contribution in [0.5, 0.6) is 0 Å². The van der Waals surface area contributed by atoms with Gasteiger partial charge in [0.2, 0.25) is 0 Å². The lowest BCUT2D eigenvalue weighted by molar-refractivity contribution is -0.299. The van der Waals surface area contributed by atoms with Gasteiger partial charge in [0.15, 0.2) is 6.29 Å². The lowest BCUT2D eigenvalue weighted by Crippen LogP contribution is -2.68. The third kappa shape index (κ3) is 5.64. The lowest BCUT2D eigenvalue weighted by atomic mass is 9.35. The van der Waals surface area contributed by atoms with Gasteiger partial charge in [0.1, 0.15) is 24.4 Å². The van der Waals surface area contributed by atoms with Crippen LogP contribution >= 0.6 is 0 Å². The van der Waals surface area contributed by atoms with Gasteiger partial charge in [-0.2, -0.15) is 0 Å². The highest BCUT2D eigenvalue weighted by atomic mass is 16.7. The highest BCUT2D eigenvalue weighted by Crippen LogP contribution is 2.75. The van der Waals surface area contributed by atoms with Crippen LogP contribution in [-0.4, -0.2) is 109 Å². The molecule has 15 atom stereocenters. The van der Waals surface area contributed by atoms with Crippen LogP contribution in [0, 0.1) is 45.3 Å². The Morgan fingerprint density at radius 1 is 0.891 bits per heavy atom. The topological polar surface area (TPSA) is 180 Å². The first-order valence-electron chi connectivity index (χ1n) is 17.7. The minimum absolute atomic E-state index is 0.0354. The molecule has 1 saturated heterocycles. The predicted molar refractivity (Wildman–Crippen MR) is 171 cm³/mol. The van der Waals surface area contributed by atoms with E-state index in [0.29, 0.717) is 25.2 Å². The van der Waals surface area contributed by atoms with Crippen LogP contribution in [0.2, 0.25) is 0 Å². The summed E-state index contributed by atoms with van der Waals surface area (Å²) in [5.41, 5.74) is -1.08. The van der Waals surface area contributed by atoms with E-state index in [0.717, 1.165) is 44.1 Å². The molecule has 0 aromatic carbocycles. The van der Waals surface area contributed by atoms with E-state index in [1.807, 2.05) is 13.0 Å². The van der Waals surface area contributed by atoms with Crippen molar-refractivity contribution in [1.29, 1.82) is 0 Å². The van der Waals surface area contributed by atoms with Crippen molar-refractivity contribution in [2.24, 2.45) is 45.3 Å². The molecule has 5 fully saturated rings. The lowest BCUT2D eigenvalue weighted by Gasteiger charge is -2.71. The Kier molecular flexibility index (Phi) is 10.3. The fraction of sp³-hybridized carbons (Fsp3) is 0.944. The van der Waals surface area contributed by atoms with Gasteiger partial charge in [-0.1, -0.05) is 46.3 Å². The summed E-state index contributed by atoms with van der Waals surface area (Å²) in [4.78, 5) is 0. The number of hydrogen-bond donors (Lipinski definition) is 8. The maximum Gasteiger partial charge on any atom is 0.187 e. The van der Waals surface area contributed by atoms with Gasteiger partial charge in [-0.05, 0) is 110 Å². The molecule has 0 bridgehead atoms. The molecule has 5 aliphatic rings. The molecule has 4 saturated carbocycles. The maximum absolute atomic E-state index is 12.0. The SMILES string of the molecule is C/C(=C\CC[C@@](O)(CO)[C@H]1CC[C@]2(C)[C@@H]1CC[C@@H]1[C@@]3(C)CC[C@H](O)C(C)(C)[C@@H]3[C@@H](O)C[C@]12C)CO[C@@H]1O[C@H](CO)[C@@H](O)[C@H](O)[C@H]1O. The minimum atomic E-state index is -1.50. The Morgan fingerprint density at radius 3 is 2.24 bits per heavy atom. The first kappa shape index (κ1) is 36.6. The first-order valence-corrected chi connectivity index (χ1v) is 17.7. The third-order valence-electron chi connectivity index (χ3n) is 14.6. The monoisotopic (exact) mass is 654 g/mol. The van der Waals surface area contributed by atoms with E-state index < -0.39 is 55.1 Å². The van der Waals surface area contributed by atoms with Crippen LogP contribution in [-0.2, 0) is 9.47 Å². The molecule has 0 unspecified atom stereocenters. The smallest absolute Gasteiger partial charge is 0.187 e. The standard InChI is InChI=1S/C36H62O10/c1-20(18-45-31-29(43)28(42)27(41)24(17-37)46-31)8-7-13-36(44,19-38)22-11-15-34(5)21(22)9-10-25-33(4)14-12-26(40)32(2,3)30(33)23(39)16-35(25,34)6/h8,21-31,37-44H,7,9-19H2,1-6H3/b20-8+/t21-,22+,23+,24-,25-,26+,27-,28+,29-,30+,31-,33-,34-,35-,36-/m1/s1. The number of ether oxygens (including phenoxy) is 2. The Morgan fingerprint density at radius 2 is 1.59 bits per heavy atom. The number of aliphatic hydroxyl groups is 8. The van der Waals surface area contributed by atoms with Gasteiger partial charge in [0.25, 0.3) is 0 Å². The normalized spacial score (nSPS) is 50.3. The second-order valence-corrected chi connectivity index (χ2v) is 17.2. The van der Waals surface area contributed by atoms with E-state index in [4.69, 9.17) is 9.47 Å². The zero-order chi connectivity index (χ0) is 34.0. The van der Waals surface area contributed by atoms with Crippen molar-refractivity contribution in [3.63, 3.8) is 0 Å². The number of rotatable bonds is 9. The molecule has 5 rings (SSSR count). The summed E-state index contributed by atoms with van der Waals surface area (Å²) in [6.45, 7) is 12.5. The van der Waals surface area contributed by atoms with E-state index >= 15 is 0 Å². The maximum atomic E-state index is 12.0. The molecule has 10 heteroatoms. The summed E-state index contributed by atoms with van der Waals surface area (Å²) in [5, 5.41) is 85.1. The van der Waals surface area contributed by atoms with Gasteiger partial charge in [-0.3, -0.25) is 0 Å². The molecule has 0 aromatic heterocycles. The Hall–Kier alpha value is -0.660. The predicted octanol–water partition coefficient (Wildman–Crippen LogP) is 2.27. The van der Waals surface area contributed by atoms with Crippen LogP contribution in [0.1, 0.15) is 99.3 Å². The van der Waals surface area contributed by atoms with Crippen LogP contribution in [0.15, 0.2) is 11.6 Å². The summed E-state index contributed by atoms with van der Waals surface area (Å²) < 4.78 is 11.1. The molecule has 0 aromatic rings. The van der Waals surface area contributed by atoms with E-state index in [1.165, 1.54) is 0 Å². The highest BCUT2D eigenvalue weighted by molar-refractivity contribution is 5.20. The van der Waals surface area contributed by atoms with Crippen molar-refractivity contribution >= 4 is 0 Å². The summed E-state index contributed by atoms with van der Waals surface area (Å²) in [5.74, 6) is 0.608. The van der Waals surface area contributed by atoms with E-state index in [1.54, 1.807) is 0 Å². The van der Waals surface area contributed by atoms with Crippen molar-refractivity contribution in [2.45, 2.75) is 148 Å². The Balaban J connectivity index is 1.26. The minimum Gasteiger partial charge on any atom is -0.394 e. The van der Waals surface area contributed by atoms with E-state index in [2.05, 4.69) is 34.6 Å². The van der Waals surface area contributed by atoms with Crippen molar-refractivity contribution in [1.82, 2.24) is 0 Å². The number of fused-ring (bicyclic) bond motifs is 5. The van der Waals surface area contributed by atoms with Crippen LogP contribution in [0.3, 0.4) is 0 Å². The first-order chi connectivity index (χ1) is 21.4. The fourth-order valence-corrected chi connectivity index (χ4v) is 12.0. The summed E-state index contributed by atoms with van der Waals surface area (Å²) >= 11 is 0. The van der Waals surface area contributed by atoms with Gasteiger partial charge in [0, 0.05) is 0 Å². The summed E-state index contributed by atoms with van der Waals surface area (Å²) in [7, 11) is 0. The van der Waals surface area contributed by atoms with Crippen LogP contribution in [0.25, 0.3) is 0 Å². The van der Waals surface area contributed by atoms with Crippen molar-refractivity contribution in [3.8, 4) is 0 Å². The molecular weight excluding hydrogens is 592 g/mol. The van der Waals surface area contributed by atoms with E-state index in [9.17, 15) is 40.9 Å². The fourth-order valence-electron chi connectivity index (χ4n) is 12.0. The van der Waals surface area contributed by atoms with Gasteiger partial charge >= 0.3 is 0 Å². The largest absolute Gasteiger partial charge is 0.394 e. The average Bonchev–Trinajstić information content (AvgIpc) is 3.36. The average molecular weight is 655 g/mol. The molecule has 46 heavy (non-hydrogen) atoms. The third-order valence-corrected chi connectivity index (χ3v) is 14.6. The molecule has 8 N–H and O–H groups in total. The zero-order valence-corrected chi connectivity index (χ0v) is 28.8. The van der Waals surface area contributed by atoms with Crippen molar-refractivity contribution < 1.29 is 50.3 Å². The molecule has 10 nitrogen and oxygen atoms in total. The Bertz CT molecular complexity index is 1110. The van der Waals surface area contributed by atoms with Crippen LogP contribution in [0.4, 0.5) is 0 Å². The number of aliphatic hydroxyl groups excluding tert-OH is 7. The molecule has 0 radical (unpaired) electrons. The molecule has 266 valence electrons. The summed E-state index contributed by atoms with van der Waals surface area (Å²) in [6, 6.07) is 0. The van der Waals surface area contributed by atoms with Gasteiger partial charge in [-0.25, -0.2) is 0 Å². The van der Waals surface area contributed by atoms with E-state index in [-0.39, 0.29) is 52.6 Å². The second-order valence-electron chi connectivity index (χ2n) is 17.2. The molecule has 4 aliphatic carbocycles. The van der Waals surface area contributed by atoms with Gasteiger partial charge in [-0.15, -0.1) is 0 Å². The molecule has 0 amide bonds. The van der Waals surface area contributed by atoms with Crippen molar-refractivity contribution in [3.05, 3.63) is 11.6 Å². The van der Waals surface area contributed by atoms with Gasteiger partial charge < -0.3 is 50.3 Å². The molecule has 1 aliphatic heterocycles. The highest BCUT2D eigenvalue weighted by Gasteiger charge is 2.71. The number of allylic oxidation sites excluding steroid dienone is 1. The second kappa shape index (κ2) is 12.9. The summed E-state index contributed by atoms with van der Waals surface area (Å²) in [6.07, 6.45) is 1.40. The Labute approximate surface area is 274 Å².